The summed E-state index contributed by atoms with van der Waals surface area (Å²) in [6.07, 6.45) is -1.27. The van der Waals surface area contributed by atoms with E-state index < -0.39 is 23.8 Å². The van der Waals surface area contributed by atoms with Crippen molar-refractivity contribution in [1.82, 2.24) is 15.1 Å². The lowest BCUT2D eigenvalue weighted by Crippen LogP contribution is -2.42. The van der Waals surface area contributed by atoms with Crippen LogP contribution in [-0.4, -0.2) is 40.1 Å². The third kappa shape index (κ3) is 4.66. The number of carbonyl (C=O) groups is 2. The van der Waals surface area contributed by atoms with Gasteiger partial charge in [-0.1, -0.05) is 60.7 Å². The van der Waals surface area contributed by atoms with Gasteiger partial charge in [0.2, 0.25) is 12.0 Å². The number of para-hydroxylation sites is 1. The Labute approximate surface area is 219 Å². The molecule has 0 spiro atoms. The zero-order valence-electron chi connectivity index (χ0n) is 20.9. The van der Waals surface area contributed by atoms with E-state index in [1.165, 1.54) is 10.7 Å². The fourth-order valence-corrected chi connectivity index (χ4v) is 4.42. The Bertz CT molecular complexity index is 1530. The van der Waals surface area contributed by atoms with Gasteiger partial charge >= 0.3 is 0 Å². The number of hydrogen-bond donors (Lipinski definition) is 2. The number of ether oxygens (including phenoxy) is 1. The van der Waals surface area contributed by atoms with E-state index >= 15 is 0 Å². The predicted octanol–water partition coefficient (Wildman–Crippen LogP) is 4.65. The molecule has 0 saturated carbocycles. The first-order valence-electron chi connectivity index (χ1n) is 12.3. The summed E-state index contributed by atoms with van der Waals surface area (Å²) in [5.74, 6) is -1.63. The van der Waals surface area contributed by atoms with Gasteiger partial charge in [0.05, 0.1) is 23.7 Å². The number of nitrogens with one attached hydrogen (secondary N) is 2. The van der Waals surface area contributed by atoms with Gasteiger partial charge in [-0.25, -0.2) is 9.38 Å². The zero-order chi connectivity index (χ0) is 26.6. The molecule has 3 aromatic carbocycles. The van der Waals surface area contributed by atoms with E-state index in [1.54, 1.807) is 31.2 Å². The normalized spacial score (nSPS) is 14.7. The van der Waals surface area contributed by atoms with Crippen molar-refractivity contribution in [2.75, 3.05) is 11.9 Å². The van der Waals surface area contributed by atoms with Crippen LogP contribution >= 0.6 is 0 Å². The number of amides is 2. The molecule has 0 aliphatic carbocycles. The van der Waals surface area contributed by atoms with Crippen molar-refractivity contribution in [2.45, 2.75) is 26.6 Å². The van der Waals surface area contributed by atoms with Crippen molar-refractivity contribution in [3.63, 3.8) is 0 Å². The average Bonchev–Trinajstić information content (AvgIpc) is 3.23. The Morgan fingerprint density at radius 1 is 1.00 bits per heavy atom. The summed E-state index contributed by atoms with van der Waals surface area (Å²) in [7, 11) is 0. The predicted molar refractivity (Wildman–Crippen MR) is 143 cm³/mol. The van der Waals surface area contributed by atoms with E-state index in [-0.39, 0.29) is 29.3 Å². The third-order valence-corrected chi connectivity index (χ3v) is 6.12. The number of anilines is 1. The summed E-state index contributed by atoms with van der Waals surface area (Å²) >= 11 is 0. The molecule has 9 heteroatoms. The van der Waals surface area contributed by atoms with Crippen molar-refractivity contribution < 1.29 is 18.7 Å². The molecule has 1 atom stereocenters. The second-order valence-electron chi connectivity index (χ2n) is 8.51. The molecule has 2 heterocycles. The lowest BCUT2D eigenvalue weighted by atomic mass is 10.0. The molecule has 0 radical (unpaired) electrons. The summed E-state index contributed by atoms with van der Waals surface area (Å²) in [5, 5.41) is 10.0. The Hall–Kier alpha value is -4.79. The molecule has 1 aromatic heterocycles. The largest absolute Gasteiger partial charge is 0.476 e. The summed E-state index contributed by atoms with van der Waals surface area (Å²) in [5.41, 5.74) is 3.14. The van der Waals surface area contributed by atoms with Crippen LogP contribution in [0.25, 0.3) is 11.3 Å². The molecule has 0 saturated heterocycles. The third-order valence-electron chi connectivity index (χ3n) is 6.12. The van der Waals surface area contributed by atoms with E-state index in [0.29, 0.717) is 17.9 Å². The standard InChI is InChI=1S/C29H26FN5O3/c1-3-35-25(19-14-8-10-16-21(19)30)23(29(34-35)38-4-2)27(36)33-26-28(37)31-22-17-11-9-15-20(22)24(32-26)18-12-6-5-7-13-18/h5-17,26H,3-4H2,1-2H3,(H,31,37)(H,33,36)/t26-/m1/s1. The van der Waals surface area contributed by atoms with Crippen LogP contribution in [0.4, 0.5) is 10.1 Å². The molecule has 192 valence electrons. The van der Waals surface area contributed by atoms with E-state index in [2.05, 4.69) is 20.7 Å². The molecule has 38 heavy (non-hydrogen) atoms. The Kier molecular flexibility index (Phi) is 6.99. The van der Waals surface area contributed by atoms with Gasteiger partial charge in [-0.15, -0.1) is 5.10 Å². The minimum Gasteiger partial charge on any atom is -0.476 e. The molecule has 2 amide bonds. The quantitative estimate of drug-likeness (QED) is 0.377. The molecule has 2 N–H and O–H groups in total. The number of aliphatic imine (C=N–C) groups is 1. The lowest BCUT2D eigenvalue weighted by molar-refractivity contribution is -0.117. The highest BCUT2D eigenvalue weighted by Gasteiger charge is 2.32. The number of carbonyl (C=O) groups excluding carboxylic acids is 2. The highest BCUT2D eigenvalue weighted by Crippen LogP contribution is 2.33. The highest BCUT2D eigenvalue weighted by atomic mass is 19.1. The Morgan fingerprint density at radius 2 is 1.68 bits per heavy atom. The van der Waals surface area contributed by atoms with Crippen LogP contribution in [0, 0.1) is 5.82 Å². The van der Waals surface area contributed by atoms with Crippen LogP contribution in [0.5, 0.6) is 5.88 Å². The van der Waals surface area contributed by atoms with Crippen LogP contribution in [0.2, 0.25) is 0 Å². The number of halogens is 1. The summed E-state index contributed by atoms with van der Waals surface area (Å²) in [6, 6.07) is 22.9. The van der Waals surface area contributed by atoms with E-state index in [1.807, 2.05) is 55.5 Å². The number of aromatic nitrogens is 2. The SMILES string of the molecule is CCOc1nn(CC)c(-c2ccccc2F)c1C(=O)N[C@H]1N=C(c2ccccc2)c2ccccc2NC1=O. The molecular weight excluding hydrogens is 485 g/mol. The number of rotatable bonds is 7. The number of benzene rings is 3. The van der Waals surface area contributed by atoms with Gasteiger partial charge < -0.3 is 15.4 Å². The molecule has 0 bridgehead atoms. The van der Waals surface area contributed by atoms with Gasteiger partial charge in [-0.05, 0) is 32.0 Å². The fourth-order valence-electron chi connectivity index (χ4n) is 4.42. The highest BCUT2D eigenvalue weighted by molar-refractivity contribution is 6.20. The van der Waals surface area contributed by atoms with Crippen LogP contribution in [0.1, 0.15) is 35.3 Å². The van der Waals surface area contributed by atoms with Gasteiger partial charge in [0.25, 0.3) is 11.8 Å². The Balaban J connectivity index is 1.60. The van der Waals surface area contributed by atoms with Crippen molar-refractivity contribution in [2.24, 2.45) is 4.99 Å². The minimum absolute atomic E-state index is 0.0322. The fraction of sp³-hybridized carbons (Fsp3) is 0.172. The number of hydrogen-bond acceptors (Lipinski definition) is 5. The molecule has 0 unspecified atom stereocenters. The number of fused-ring (bicyclic) bond motifs is 1. The van der Waals surface area contributed by atoms with Gasteiger partial charge in [0.15, 0.2) is 0 Å². The van der Waals surface area contributed by atoms with Gasteiger partial charge in [-0.2, -0.15) is 0 Å². The first-order chi connectivity index (χ1) is 18.5. The summed E-state index contributed by atoms with van der Waals surface area (Å²) in [6.45, 7) is 4.21. The maximum atomic E-state index is 14.9. The lowest BCUT2D eigenvalue weighted by Gasteiger charge is -2.15. The van der Waals surface area contributed by atoms with Crippen LogP contribution < -0.4 is 15.4 Å². The van der Waals surface area contributed by atoms with Crippen molar-refractivity contribution in [3.8, 4) is 17.1 Å². The molecular formula is C29H26FN5O3. The van der Waals surface area contributed by atoms with Crippen molar-refractivity contribution in [3.05, 3.63) is 101 Å². The average molecular weight is 512 g/mol. The van der Waals surface area contributed by atoms with Gasteiger partial charge in [-0.3, -0.25) is 14.3 Å². The van der Waals surface area contributed by atoms with Gasteiger partial charge in [0.1, 0.15) is 11.4 Å². The van der Waals surface area contributed by atoms with E-state index in [0.717, 1.165) is 11.1 Å². The first-order valence-corrected chi connectivity index (χ1v) is 12.3. The smallest absolute Gasteiger partial charge is 0.269 e. The molecule has 4 aromatic rings. The molecule has 0 fully saturated rings. The van der Waals surface area contributed by atoms with Crippen molar-refractivity contribution in [1.29, 1.82) is 0 Å². The topological polar surface area (TPSA) is 97.6 Å². The molecule has 1 aliphatic heterocycles. The number of benzodiazepines with no additional fused rings is 1. The second-order valence-corrected chi connectivity index (χ2v) is 8.51. The van der Waals surface area contributed by atoms with Crippen LogP contribution in [-0.2, 0) is 11.3 Å². The Morgan fingerprint density at radius 3 is 2.39 bits per heavy atom. The minimum atomic E-state index is -1.27. The summed E-state index contributed by atoms with van der Waals surface area (Å²) < 4.78 is 22.1. The maximum Gasteiger partial charge on any atom is 0.269 e. The second kappa shape index (κ2) is 10.7. The van der Waals surface area contributed by atoms with Crippen LogP contribution in [0.3, 0.4) is 0 Å². The van der Waals surface area contributed by atoms with E-state index in [9.17, 15) is 14.0 Å². The number of aryl methyl sites for hydroxylation is 1. The van der Waals surface area contributed by atoms with Crippen LogP contribution in [0.15, 0.2) is 83.9 Å². The monoisotopic (exact) mass is 511 g/mol. The van der Waals surface area contributed by atoms with Crippen molar-refractivity contribution >= 4 is 23.2 Å². The number of nitrogens with zero attached hydrogens (tertiary/aromatic N) is 3. The maximum absolute atomic E-state index is 14.9. The zero-order valence-corrected chi connectivity index (χ0v) is 20.9. The van der Waals surface area contributed by atoms with Gasteiger partial charge in [0, 0.05) is 23.2 Å². The molecule has 1 aliphatic rings. The molecule has 5 rings (SSSR count). The summed E-state index contributed by atoms with van der Waals surface area (Å²) in [4.78, 5) is 31.7. The van der Waals surface area contributed by atoms with E-state index in [4.69, 9.17) is 4.74 Å². The first kappa shape index (κ1) is 24.9. The molecule has 8 nitrogen and oxygen atoms in total.